The highest BCUT2D eigenvalue weighted by Crippen LogP contribution is 2.35. The van der Waals surface area contributed by atoms with Gasteiger partial charge in [-0.1, -0.05) is 31.0 Å². The molecule has 1 fully saturated rings. The summed E-state index contributed by atoms with van der Waals surface area (Å²) in [5.41, 5.74) is 3.03. The fourth-order valence-corrected chi connectivity index (χ4v) is 5.62. The number of tetrazole rings is 1. The van der Waals surface area contributed by atoms with Crippen molar-refractivity contribution in [2.75, 3.05) is 6.26 Å². The molecule has 1 aliphatic carbocycles. The van der Waals surface area contributed by atoms with Crippen molar-refractivity contribution >= 4 is 21.6 Å². The molecule has 30 heavy (non-hydrogen) atoms. The van der Waals surface area contributed by atoms with E-state index in [2.05, 4.69) is 33.9 Å². The third kappa shape index (κ3) is 4.29. The lowest BCUT2D eigenvalue weighted by Crippen LogP contribution is -2.15. The van der Waals surface area contributed by atoms with E-state index in [4.69, 9.17) is 4.98 Å². The van der Waals surface area contributed by atoms with Crippen LogP contribution in [0.2, 0.25) is 0 Å². The smallest absolute Gasteiger partial charge is 0.175 e. The first kappa shape index (κ1) is 21.0. The topological polar surface area (TPSA) is 95.6 Å². The number of thioether (sulfide) groups is 1. The average molecular weight is 447 g/mol. The lowest BCUT2D eigenvalue weighted by Gasteiger charge is -2.26. The van der Waals surface area contributed by atoms with Crippen LogP contribution in [0, 0.1) is 13.8 Å². The van der Waals surface area contributed by atoms with Crippen molar-refractivity contribution in [2.24, 2.45) is 0 Å². The van der Waals surface area contributed by atoms with Gasteiger partial charge in [0.2, 0.25) is 0 Å². The van der Waals surface area contributed by atoms with Gasteiger partial charge in [0.1, 0.15) is 0 Å². The van der Waals surface area contributed by atoms with Gasteiger partial charge in [0.05, 0.1) is 22.0 Å². The van der Waals surface area contributed by atoms with Crippen molar-refractivity contribution in [3.8, 4) is 5.69 Å². The lowest BCUT2D eigenvalue weighted by molar-refractivity contribution is 0.332. The SMILES string of the molecule is Cc1nc(SCc2nnnn2-c2ccc(S(C)(=O)=O)cc2)n(C2CCCCC2)c1C. The Morgan fingerprint density at radius 1 is 1.10 bits per heavy atom. The molecule has 2 heterocycles. The van der Waals surface area contributed by atoms with E-state index in [-0.39, 0.29) is 4.90 Å². The first-order valence-electron chi connectivity index (χ1n) is 10.1. The van der Waals surface area contributed by atoms with Crippen LogP contribution >= 0.6 is 11.8 Å². The molecule has 1 aliphatic rings. The molecule has 10 heteroatoms. The van der Waals surface area contributed by atoms with Crippen molar-refractivity contribution in [2.45, 2.75) is 67.8 Å². The maximum absolute atomic E-state index is 11.7. The summed E-state index contributed by atoms with van der Waals surface area (Å²) < 4.78 is 27.4. The predicted octanol–water partition coefficient (Wildman–Crippen LogP) is 3.68. The average Bonchev–Trinajstić information content (AvgIpc) is 3.31. The predicted molar refractivity (Wildman–Crippen MR) is 116 cm³/mol. The van der Waals surface area contributed by atoms with E-state index in [0.717, 1.165) is 16.5 Å². The van der Waals surface area contributed by atoms with Crippen LogP contribution in [0.15, 0.2) is 34.3 Å². The van der Waals surface area contributed by atoms with Crippen molar-refractivity contribution in [3.05, 3.63) is 41.5 Å². The first-order chi connectivity index (χ1) is 14.3. The van der Waals surface area contributed by atoms with Crippen molar-refractivity contribution in [1.82, 2.24) is 29.8 Å². The molecular weight excluding hydrogens is 420 g/mol. The van der Waals surface area contributed by atoms with E-state index < -0.39 is 9.84 Å². The number of rotatable bonds is 6. The molecule has 160 valence electrons. The molecule has 3 aromatic rings. The maximum atomic E-state index is 11.7. The van der Waals surface area contributed by atoms with E-state index >= 15 is 0 Å². The second-order valence-electron chi connectivity index (χ2n) is 7.79. The molecule has 8 nitrogen and oxygen atoms in total. The Bertz CT molecular complexity index is 1130. The summed E-state index contributed by atoms with van der Waals surface area (Å²) in [4.78, 5) is 5.08. The van der Waals surface area contributed by atoms with Gasteiger partial charge in [-0.3, -0.25) is 0 Å². The van der Waals surface area contributed by atoms with Crippen molar-refractivity contribution in [3.63, 3.8) is 0 Å². The lowest BCUT2D eigenvalue weighted by atomic mass is 9.95. The summed E-state index contributed by atoms with van der Waals surface area (Å²) in [7, 11) is -3.24. The zero-order valence-electron chi connectivity index (χ0n) is 17.4. The van der Waals surface area contributed by atoms with Crippen LogP contribution in [-0.2, 0) is 15.6 Å². The maximum Gasteiger partial charge on any atom is 0.175 e. The van der Waals surface area contributed by atoms with Crippen LogP contribution in [0.4, 0.5) is 0 Å². The highest BCUT2D eigenvalue weighted by atomic mass is 32.2. The Morgan fingerprint density at radius 2 is 1.80 bits per heavy atom. The Hall–Kier alpha value is -2.20. The molecule has 0 saturated heterocycles. The molecule has 4 rings (SSSR count). The summed E-state index contributed by atoms with van der Waals surface area (Å²) in [6.45, 7) is 4.21. The van der Waals surface area contributed by atoms with Crippen molar-refractivity contribution < 1.29 is 8.42 Å². The molecular formula is C20H26N6O2S2. The Morgan fingerprint density at radius 3 is 2.47 bits per heavy atom. The second-order valence-corrected chi connectivity index (χ2v) is 10.7. The van der Waals surface area contributed by atoms with E-state index in [1.807, 2.05) is 0 Å². The number of nitrogens with zero attached hydrogens (tertiary/aromatic N) is 6. The van der Waals surface area contributed by atoms with Crippen LogP contribution in [0.5, 0.6) is 0 Å². The number of hydrogen-bond acceptors (Lipinski definition) is 7. The van der Waals surface area contributed by atoms with Gasteiger partial charge in [-0.05, 0) is 61.4 Å². The zero-order chi connectivity index (χ0) is 21.3. The first-order valence-corrected chi connectivity index (χ1v) is 13.0. The van der Waals surface area contributed by atoms with Gasteiger partial charge in [-0.2, -0.15) is 4.68 Å². The Kier molecular flexibility index (Phi) is 5.97. The number of imidazole rings is 1. The van der Waals surface area contributed by atoms with E-state index in [1.165, 1.54) is 44.1 Å². The summed E-state index contributed by atoms with van der Waals surface area (Å²) >= 11 is 1.64. The fourth-order valence-electron chi connectivity index (χ4n) is 3.93. The molecule has 0 atom stereocenters. The van der Waals surface area contributed by atoms with Crippen LogP contribution < -0.4 is 0 Å². The third-order valence-corrected chi connectivity index (χ3v) is 7.75. The van der Waals surface area contributed by atoms with Gasteiger partial charge >= 0.3 is 0 Å². The number of aryl methyl sites for hydroxylation is 1. The Labute approximate surface area is 181 Å². The number of aromatic nitrogens is 6. The molecule has 0 bridgehead atoms. The van der Waals surface area contributed by atoms with Gasteiger partial charge in [0.15, 0.2) is 20.8 Å². The number of benzene rings is 1. The minimum absolute atomic E-state index is 0.274. The van der Waals surface area contributed by atoms with Crippen LogP contribution in [0.1, 0.15) is 55.4 Å². The molecule has 0 spiro atoms. The van der Waals surface area contributed by atoms with Gasteiger partial charge in [-0.15, -0.1) is 5.10 Å². The minimum atomic E-state index is -3.24. The molecule has 1 aromatic carbocycles. The number of hydrogen-bond donors (Lipinski definition) is 0. The minimum Gasteiger partial charge on any atom is -0.320 e. The molecule has 2 aromatic heterocycles. The molecule has 0 amide bonds. The largest absolute Gasteiger partial charge is 0.320 e. The van der Waals surface area contributed by atoms with Crippen LogP contribution in [0.25, 0.3) is 5.69 Å². The molecule has 0 radical (unpaired) electrons. The standard InChI is InChI=1S/C20H26N6O2S2/c1-14-15(2)25(16-7-5-4-6-8-16)20(21-14)29-13-19-22-23-24-26(19)17-9-11-18(12-10-17)30(3,27)28/h9-12,16H,4-8,13H2,1-3H3. The summed E-state index contributed by atoms with van der Waals surface area (Å²) in [5, 5.41) is 13.1. The normalized spacial score (nSPS) is 15.6. The van der Waals surface area contributed by atoms with E-state index in [9.17, 15) is 8.42 Å². The summed E-state index contributed by atoms with van der Waals surface area (Å²) in [6.07, 6.45) is 7.46. The van der Waals surface area contributed by atoms with E-state index in [0.29, 0.717) is 17.6 Å². The highest BCUT2D eigenvalue weighted by Gasteiger charge is 2.22. The number of sulfone groups is 1. The van der Waals surface area contributed by atoms with Gasteiger partial charge in [0, 0.05) is 18.0 Å². The quantitative estimate of drug-likeness (QED) is 0.533. The van der Waals surface area contributed by atoms with Crippen LogP contribution in [-0.4, -0.2) is 44.4 Å². The summed E-state index contributed by atoms with van der Waals surface area (Å²) in [5.74, 6) is 1.27. The van der Waals surface area contributed by atoms with Gasteiger partial charge < -0.3 is 4.57 Å². The fraction of sp³-hybridized carbons (Fsp3) is 0.500. The Balaban J connectivity index is 1.55. The van der Waals surface area contributed by atoms with Gasteiger partial charge in [-0.25, -0.2) is 13.4 Å². The molecule has 0 unspecified atom stereocenters. The summed E-state index contributed by atoms with van der Waals surface area (Å²) in [6, 6.07) is 7.11. The highest BCUT2D eigenvalue weighted by molar-refractivity contribution is 7.98. The molecule has 0 N–H and O–H groups in total. The third-order valence-electron chi connectivity index (χ3n) is 5.67. The second kappa shape index (κ2) is 8.50. The van der Waals surface area contributed by atoms with Gasteiger partial charge in [0.25, 0.3) is 0 Å². The zero-order valence-corrected chi connectivity index (χ0v) is 19.1. The monoisotopic (exact) mass is 446 g/mol. The van der Waals surface area contributed by atoms with Crippen molar-refractivity contribution in [1.29, 1.82) is 0 Å². The van der Waals surface area contributed by atoms with E-state index in [1.54, 1.807) is 40.7 Å². The molecule has 1 saturated carbocycles. The van der Waals surface area contributed by atoms with Crippen LogP contribution in [0.3, 0.4) is 0 Å². The molecule has 0 aliphatic heterocycles.